The van der Waals surface area contributed by atoms with Gasteiger partial charge in [-0.3, -0.25) is 29.0 Å². The van der Waals surface area contributed by atoms with Crippen LogP contribution in [0.2, 0.25) is 0 Å². The largest absolute Gasteiger partial charge is 0.508 e. The number of carboxylic acid groups (broad SMARTS) is 2. The molecule has 16 nitrogen and oxygen atoms in total. The van der Waals surface area contributed by atoms with E-state index in [2.05, 4.69) is 10.6 Å². The van der Waals surface area contributed by atoms with Gasteiger partial charge in [-0.2, -0.15) is 0 Å². The summed E-state index contributed by atoms with van der Waals surface area (Å²) in [5.41, 5.74) is 1.21. The highest BCUT2D eigenvalue weighted by Crippen LogP contribution is 2.13. The lowest BCUT2D eigenvalue weighted by atomic mass is 10.1. The van der Waals surface area contributed by atoms with Crippen molar-refractivity contribution in [2.24, 2.45) is 0 Å². The Kier molecular flexibility index (Phi) is 14.9. The minimum atomic E-state index is -1.28. The Balaban J connectivity index is 2.07. The van der Waals surface area contributed by atoms with Crippen molar-refractivity contribution < 1.29 is 58.7 Å². The highest BCUT2D eigenvalue weighted by Gasteiger charge is 2.26. The number of amides is 2. The fourth-order valence-corrected chi connectivity index (χ4v) is 4.39. The molecule has 0 aromatic heterocycles. The van der Waals surface area contributed by atoms with E-state index < -0.39 is 74.0 Å². The molecule has 250 valence electrons. The third-order valence-electron chi connectivity index (χ3n) is 6.58. The Labute approximate surface area is 264 Å². The number of benzene rings is 2. The molecular weight excluding hydrogens is 608 g/mol. The number of carbonyl (C=O) groups excluding carboxylic acids is 4. The van der Waals surface area contributed by atoms with E-state index in [1.807, 2.05) is 0 Å². The number of hydrogen-bond donors (Lipinski definition) is 6. The SMILES string of the molecule is COC(=O)C(Cc1ccc(O)cc1)NC(=O)CN(CCN(CC(=O)O)CC(=O)NC(Cc1ccc(O)cc1)C(=O)OC)CC(=O)O. The molecule has 2 aromatic carbocycles. The van der Waals surface area contributed by atoms with Gasteiger partial charge < -0.3 is 40.5 Å². The lowest BCUT2D eigenvalue weighted by Gasteiger charge is -2.26. The summed E-state index contributed by atoms with van der Waals surface area (Å²) in [7, 11) is 2.28. The molecule has 0 aliphatic rings. The molecule has 6 N–H and O–H groups in total. The van der Waals surface area contributed by atoms with Gasteiger partial charge in [-0.25, -0.2) is 9.59 Å². The zero-order valence-electron chi connectivity index (χ0n) is 25.4. The van der Waals surface area contributed by atoms with Crippen LogP contribution in [0.25, 0.3) is 0 Å². The molecule has 2 atom stereocenters. The lowest BCUT2D eigenvalue weighted by molar-refractivity contribution is -0.146. The first kappa shape index (κ1) is 37.0. The number of aromatic hydroxyl groups is 2. The first-order valence-corrected chi connectivity index (χ1v) is 14.0. The highest BCUT2D eigenvalue weighted by atomic mass is 16.5. The van der Waals surface area contributed by atoms with E-state index in [0.717, 1.165) is 14.2 Å². The predicted octanol–water partition coefficient (Wildman–Crippen LogP) is -1.03. The number of phenols is 2. The first-order chi connectivity index (χ1) is 21.8. The molecule has 0 saturated carbocycles. The first-order valence-electron chi connectivity index (χ1n) is 14.0. The van der Waals surface area contributed by atoms with Gasteiger partial charge >= 0.3 is 23.9 Å². The maximum absolute atomic E-state index is 12.9. The Bertz CT molecular complexity index is 1250. The van der Waals surface area contributed by atoms with Crippen LogP contribution < -0.4 is 10.6 Å². The number of nitrogens with zero attached hydrogens (tertiary/aromatic N) is 2. The van der Waals surface area contributed by atoms with E-state index in [-0.39, 0.29) is 37.4 Å². The van der Waals surface area contributed by atoms with Crippen molar-refractivity contribution in [1.29, 1.82) is 0 Å². The maximum Gasteiger partial charge on any atom is 0.328 e. The van der Waals surface area contributed by atoms with Crippen molar-refractivity contribution in [2.45, 2.75) is 24.9 Å². The molecule has 0 aliphatic heterocycles. The van der Waals surface area contributed by atoms with E-state index in [9.17, 15) is 49.2 Å². The minimum Gasteiger partial charge on any atom is -0.508 e. The molecule has 2 unspecified atom stereocenters. The number of phenolic OH excluding ortho intramolecular Hbond substituents is 2. The second-order valence-electron chi connectivity index (χ2n) is 10.2. The third kappa shape index (κ3) is 13.6. The third-order valence-corrected chi connectivity index (χ3v) is 6.58. The standard InChI is InChI=1S/C30H38N4O12/c1-45-29(43)23(13-19-3-7-21(35)8-4-19)31-25(37)15-33(17-27(39)40)11-12-34(18-28(41)42)16-26(38)32-24(30(44)46-2)14-20-5-9-22(36)10-6-20/h3-10,23-24,35-36H,11-18H2,1-2H3,(H,31,37)(H,32,38)(H,39,40)(H,41,42). The van der Waals surface area contributed by atoms with Crippen LogP contribution in [0.3, 0.4) is 0 Å². The topological polar surface area (TPSA) is 232 Å². The summed E-state index contributed by atoms with van der Waals surface area (Å²) in [5.74, 6) is -5.46. The Morgan fingerprint density at radius 1 is 0.609 bits per heavy atom. The molecule has 0 heterocycles. The number of aliphatic carboxylic acids is 2. The molecule has 2 aromatic rings. The molecule has 0 radical (unpaired) electrons. The number of esters is 2. The van der Waals surface area contributed by atoms with Gasteiger partial charge in [0.05, 0.1) is 40.4 Å². The number of carboxylic acids is 2. The van der Waals surface area contributed by atoms with Gasteiger partial charge in [0.15, 0.2) is 0 Å². The van der Waals surface area contributed by atoms with Crippen molar-refractivity contribution >= 4 is 35.7 Å². The quantitative estimate of drug-likeness (QED) is 0.100. The number of methoxy groups -OCH3 is 2. The fraction of sp³-hybridized carbons (Fsp3) is 0.400. The summed E-state index contributed by atoms with van der Waals surface area (Å²) in [6, 6.07) is 9.64. The van der Waals surface area contributed by atoms with Crippen LogP contribution in [0.1, 0.15) is 11.1 Å². The van der Waals surface area contributed by atoms with Crippen molar-refractivity contribution in [3.8, 4) is 11.5 Å². The molecule has 0 saturated heterocycles. The maximum atomic E-state index is 12.9. The Morgan fingerprint density at radius 3 is 1.22 bits per heavy atom. The smallest absolute Gasteiger partial charge is 0.328 e. The van der Waals surface area contributed by atoms with Gasteiger partial charge in [0.25, 0.3) is 0 Å². The van der Waals surface area contributed by atoms with E-state index in [0.29, 0.717) is 11.1 Å². The molecule has 46 heavy (non-hydrogen) atoms. The van der Waals surface area contributed by atoms with Gasteiger partial charge in [0.2, 0.25) is 11.8 Å². The van der Waals surface area contributed by atoms with Gasteiger partial charge in [0, 0.05) is 25.9 Å². The van der Waals surface area contributed by atoms with E-state index >= 15 is 0 Å². The predicted molar refractivity (Wildman–Crippen MR) is 160 cm³/mol. The van der Waals surface area contributed by atoms with E-state index in [1.165, 1.54) is 34.1 Å². The summed E-state index contributed by atoms with van der Waals surface area (Å²) < 4.78 is 9.54. The second-order valence-corrected chi connectivity index (χ2v) is 10.2. The van der Waals surface area contributed by atoms with Gasteiger partial charge in [-0.05, 0) is 35.4 Å². The molecule has 2 amide bonds. The average molecular weight is 647 g/mol. The molecule has 0 aliphatic carbocycles. The number of hydrogen-bond acceptors (Lipinski definition) is 12. The van der Waals surface area contributed by atoms with E-state index in [4.69, 9.17) is 9.47 Å². The Morgan fingerprint density at radius 2 is 0.935 bits per heavy atom. The summed E-state index contributed by atoms with van der Waals surface area (Å²) in [4.78, 5) is 75.8. The zero-order valence-corrected chi connectivity index (χ0v) is 25.4. The summed E-state index contributed by atoms with van der Waals surface area (Å²) in [6.45, 7) is -2.51. The van der Waals surface area contributed by atoms with Crippen LogP contribution in [-0.2, 0) is 51.1 Å². The van der Waals surface area contributed by atoms with Crippen LogP contribution in [0.4, 0.5) is 0 Å². The zero-order chi connectivity index (χ0) is 34.2. The summed E-state index contributed by atoms with van der Waals surface area (Å²) in [6.07, 6.45) is 0.0525. The van der Waals surface area contributed by atoms with Gasteiger partial charge in [0.1, 0.15) is 23.6 Å². The minimum absolute atomic E-state index is 0.0125. The summed E-state index contributed by atoms with van der Waals surface area (Å²) in [5, 5.41) is 42.8. The normalized spacial score (nSPS) is 12.2. The lowest BCUT2D eigenvalue weighted by Crippen LogP contribution is -2.51. The highest BCUT2D eigenvalue weighted by molar-refractivity contribution is 5.87. The number of carbonyl (C=O) groups is 6. The van der Waals surface area contributed by atoms with Crippen molar-refractivity contribution in [2.75, 3.05) is 53.5 Å². The van der Waals surface area contributed by atoms with Gasteiger partial charge in [-0.1, -0.05) is 24.3 Å². The average Bonchev–Trinajstić information content (AvgIpc) is 2.99. The molecule has 0 spiro atoms. The van der Waals surface area contributed by atoms with E-state index in [1.54, 1.807) is 24.3 Å². The van der Waals surface area contributed by atoms with Crippen molar-refractivity contribution in [3.63, 3.8) is 0 Å². The number of nitrogens with one attached hydrogen (secondary N) is 2. The molecule has 2 rings (SSSR count). The van der Waals surface area contributed by atoms with Crippen LogP contribution in [0.5, 0.6) is 11.5 Å². The molecule has 16 heteroatoms. The second kappa shape index (κ2) is 18.6. The molecule has 0 bridgehead atoms. The Hall–Kier alpha value is -5.22. The van der Waals surface area contributed by atoms with Crippen molar-refractivity contribution in [3.05, 3.63) is 59.7 Å². The summed E-state index contributed by atoms with van der Waals surface area (Å²) >= 11 is 0. The monoisotopic (exact) mass is 646 g/mol. The molecular formula is C30H38N4O12. The number of ether oxygens (including phenoxy) is 2. The number of rotatable bonds is 19. The van der Waals surface area contributed by atoms with Gasteiger partial charge in [-0.15, -0.1) is 0 Å². The molecule has 0 fully saturated rings. The fourth-order valence-electron chi connectivity index (χ4n) is 4.39. The van der Waals surface area contributed by atoms with Crippen molar-refractivity contribution in [1.82, 2.24) is 20.4 Å². The van der Waals surface area contributed by atoms with Crippen LogP contribution in [-0.4, -0.2) is 131 Å². The van der Waals surface area contributed by atoms with Crippen LogP contribution >= 0.6 is 0 Å². The van der Waals surface area contributed by atoms with Crippen LogP contribution in [0, 0.1) is 0 Å². The van der Waals surface area contributed by atoms with Crippen LogP contribution in [0.15, 0.2) is 48.5 Å².